The molecule has 238 valence electrons. The minimum atomic E-state index is -1.50. The van der Waals surface area contributed by atoms with Gasteiger partial charge in [-0.1, -0.05) is 24.3 Å². The van der Waals surface area contributed by atoms with Gasteiger partial charge in [0.15, 0.2) is 0 Å². The summed E-state index contributed by atoms with van der Waals surface area (Å²) in [7, 11) is 0. The zero-order valence-electron chi connectivity index (χ0n) is 25.0. The summed E-state index contributed by atoms with van der Waals surface area (Å²) < 4.78 is 25.3. The van der Waals surface area contributed by atoms with E-state index in [4.69, 9.17) is 9.47 Å². The van der Waals surface area contributed by atoms with Crippen molar-refractivity contribution in [1.82, 2.24) is 25.6 Å². The predicted molar refractivity (Wildman–Crippen MR) is 152 cm³/mol. The van der Waals surface area contributed by atoms with E-state index < -0.39 is 65.1 Å². The number of halogens is 1. The number of allylic oxidation sites excluding steroid dienone is 1. The Labute approximate surface area is 254 Å². The number of carboxylic acid groups (broad SMARTS) is 1. The van der Waals surface area contributed by atoms with Crippen molar-refractivity contribution in [3.8, 4) is 0 Å². The molecule has 1 aromatic carbocycles. The van der Waals surface area contributed by atoms with Gasteiger partial charge in [-0.15, -0.1) is 0 Å². The number of benzene rings is 1. The van der Waals surface area contributed by atoms with Crippen molar-refractivity contribution in [2.45, 2.75) is 89.3 Å². The molecule has 2 fully saturated rings. The highest BCUT2D eigenvalue weighted by Gasteiger charge is 2.61. The molecule has 3 N–H and O–H groups in total. The van der Waals surface area contributed by atoms with Crippen molar-refractivity contribution in [2.24, 2.45) is 5.92 Å². The lowest BCUT2D eigenvalue weighted by atomic mass is 10.1. The van der Waals surface area contributed by atoms with E-state index in [1.165, 1.54) is 15.9 Å². The van der Waals surface area contributed by atoms with Gasteiger partial charge in [0.2, 0.25) is 5.91 Å². The third-order valence-electron chi connectivity index (χ3n) is 8.23. The first-order chi connectivity index (χ1) is 20.8. The van der Waals surface area contributed by atoms with Crippen molar-refractivity contribution >= 4 is 30.1 Å². The van der Waals surface area contributed by atoms with E-state index >= 15 is 0 Å². The van der Waals surface area contributed by atoms with Crippen LogP contribution < -0.4 is 10.7 Å². The van der Waals surface area contributed by atoms with Crippen molar-refractivity contribution < 1.29 is 42.9 Å². The van der Waals surface area contributed by atoms with Crippen LogP contribution in [0.4, 0.5) is 18.8 Å². The van der Waals surface area contributed by atoms with E-state index in [-0.39, 0.29) is 39.0 Å². The minimum absolute atomic E-state index is 0.0176. The summed E-state index contributed by atoms with van der Waals surface area (Å²) >= 11 is 0. The quantitative estimate of drug-likeness (QED) is 0.437. The van der Waals surface area contributed by atoms with Crippen molar-refractivity contribution in [1.29, 1.82) is 0 Å². The van der Waals surface area contributed by atoms with Gasteiger partial charge in [0.1, 0.15) is 29.1 Å². The van der Waals surface area contributed by atoms with Crippen molar-refractivity contribution in [2.75, 3.05) is 13.1 Å². The van der Waals surface area contributed by atoms with Crippen molar-refractivity contribution in [3.63, 3.8) is 0 Å². The number of carboxylic acids is 1. The Bertz CT molecular complexity index is 1380. The summed E-state index contributed by atoms with van der Waals surface area (Å²) in [5.74, 6) is -2.71. The maximum atomic E-state index is 14.3. The third kappa shape index (κ3) is 6.58. The van der Waals surface area contributed by atoms with Gasteiger partial charge in [0, 0.05) is 31.0 Å². The fraction of sp³-hybridized carbons (Fsp3) is 0.567. The fourth-order valence-corrected chi connectivity index (χ4v) is 5.89. The second kappa shape index (κ2) is 12.0. The lowest BCUT2D eigenvalue weighted by molar-refractivity contribution is -0.144. The Morgan fingerprint density at radius 2 is 1.93 bits per heavy atom. The lowest BCUT2D eigenvalue weighted by Crippen LogP contribution is -2.58. The van der Waals surface area contributed by atoms with Gasteiger partial charge in [0.25, 0.3) is 0 Å². The number of rotatable bonds is 3. The van der Waals surface area contributed by atoms with E-state index in [1.54, 1.807) is 39.0 Å². The Morgan fingerprint density at radius 1 is 1.16 bits per heavy atom. The first kappa shape index (κ1) is 31.1. The highest BCUT2D eigenvalue weighted by atomic mass is 19.1. The van der Waals surface area contributed by atoms with Gasteiger partial charge in [-0.3, -0.25) is 9.69 Å². The third-order valence-corrected chi connectivity index (χ3v) is 8.23. The highest BCUT2D eigenvalue weighted by molar-refractivity contribution is 5.95. The maximum absolute atomic E-state index is 14.3. The number of carbonyl (C=O) groups is 5. The molecule has 0 radical (unpaired) electrons. The predicted octanol–water partition coefficient (Wildman–Crippen LogP) is 3.28. The molecule has 1 saturated carbocycles. The molecule has 1 aromatic rings. The number of carbonyl (C=O) groups excluding carboxylic acids is 4. The van der Waals surface area contributed by atoms with E-state index in [9.17, 15) is 33.5 Å². The van der Waals surface area contributed by atoms with Gasteiger partial charge in [-0.05, 0) is 58.1 Å². The lowest BCUT2D eigenvalue weighted by Gasteiger charge is -2.32. The Balaban J connectivity index is 1.36. The molecule has 5 amide bonds. The molecule has 14 heteroatoms. The van der Waals surface area contributed by atoms with Crippen LogP contribution in [0.5, 0.6) is 0 Å². The Hall–Kier alpha value is -4.36. The molecule has 1 aliphatic carbocycles. The van der Waals surface area contributed by atoms with Crippen LogP contribution in [-0.2, 0) is 32.2 Å². The molecule has 3 heterocycles. The zero-order valence-corrected chi connectivity index (χ0v) is 25.0. The average molecular weight is 616 g/mol. The van der Waals surface area contributed by atoms with Crippen molar-refractivity contribution in [3.05, 3.63) is 47.3 Å². The number of nitrogens with zero attached hydrogens (tertiary/aromatic N) is 3. The largest absolute Gasteiger partial charge is 0.479 e. The number of ether oxygens (including phenoxy) is 2. The van der Waals surface area contributed by atoms with Crippen LogP contribution in [0.1, 0.15) is 64.0 Å². The molecule has 44 heavy (non-hydrogen) atoms. The number of hydrogen-bond acceptors (Lipinski definition) is 7. The Morgan fingerprint density at radius 3 is 2.64 bits per heavy atom. The van der Waals surface area contributed by atoms with Crippen LogP contribution >= 0.6 is 0 Å². The topological polar surface area (TPSA) is 158 Å². The average Bonchev–Trinajstić information content (AvgIpc) is 3.26. The van der Waals surface area contributed by atoms with E-state index in [1.807, 2.05) is 6.08 Å². The molecule has 0 unspecified atom stereocenters. The molecule has 5 rings (SSSR count). The van der Waals surface area contributed by atoms with Crippen LogP contribution in [0.3, 0.4) is 0 Å². The molecule has 4 atom stereocenters. The monoisotopic (exact) mass is 615 g/mol. The minimum Gasteiger partial charge on any atom is -0.479 e. The number of fused-ring (bicyclic) bond motifs is 3. The van der Waals surface area contributed by atoms with Gasteiger partial charge in [0.05, 0.1) is 13.1 Å². The number of hydrogen-bond donors (Lipinski definition) is 3. The molecule has 13 nitrogen and oxygen atoms in total. The summed E-state index contributed by atoms with van der Waals surface area (Å²) in [5, 5.41) is 13.7. The molecule has 3 aliphatic heterocycles. The van der Waals surface area contributed by atoms with E-state index in [0.29, 0.717) is 30.4 Å². The van der Waals surface area contributed by atoms with E-state index in [0.717, 1.165) is 5.01 Å². The SMILES string of the molecule is CC(C)(C)OC(=O)NN1CCCC/C=C\[C@@H]2C[C@]2(C(=O)O)NC(=O)[C@@H]2C[C@@H](OC(=O)N3Cc4cccc(F)c4C3)CN2C1=O. The number of hydrazine groups is 1. The molecule has 0 spiro atoms. The number of amides is 5. The Kier molecular flexibility index (Phi) is 8.45. The van der Waals surface area contributed by atoms with Gasteiger partial charge >= 0.3 is 24.2 Å². The van der Waals surface area contributed by atoms with Crippen LogP contribution in [0.15, 0.2) is 30.4 Å². The van der Waals surface area contributed by atoms with Crippen LogP contribution in [0.2, 0.25) is 0 Å². The summed E-state index contributed by atoms with van der Waals surface area (Å²) in [4.78, 5) is 68.0. The maximum Gasteiger partial charge on any atom is 0.426 e. The number of urea groups is 1. The first-order valence-corrected chi connectivity index (χ1v) is 14.8. The summed E-state index contributed by atoms with van der Waals surface area (Å²) in [6.45, 7) is 5.13. The molecule has 4 aliphatic rings. The molecule has 1 saturated heterocycles. The van der Waals surface area contributed by atoms with Crippen LogP contribution in [-0.4, -0.2) is 86.4 Å². The molecule has 0 bridgehead atoms. The summed E-state index contributed by atoms with van der Waals surface area (Å²) in [6, 6.07) is 2.69. The number of nitrogens with one attached hydrogen (secondary N) is 2. The van der Waals surface area contributed by atoms with Crippen LogP contribution in [0, 0.1) is 11.7 Å². The second-order valence-corrected chi connectivity index (χ2v) is 12.7. The molecular formula is C30H38FN5O8. The van der Waals surface area contributed by atoms with Gasteiger partial charge < -0.3 is 24.8 Å². The highest BCUT2D eigenvalue weighted by Crippen LogP contribution is 2.45. The van der Waals surface area contributed by atoms with Crippen LogP contribution in [0.25, 0.3) is 0 Å². The molecular weight excluding hydrogens is 577 g/mol. The first-order valence-electron chi connectivity index (χ1n) is 14.8. The zero-order chi connectivity index (χ0) is 31.8. The van der Waals surface area contributed by atoms with Gasteiger partial charge in [-0.25, -0.2) is 34.0 Å². The fourth-order valence-electron chi connectivity index (χ4n) is 5.89. The number of aliphatic carboxylic acids is 1. The molecule has 0 aromatic heterocycles. The normalized spacial score (nSPS) is 27.7. The standard InChI is InChI=1S/C30H38FN5O8/c1-29(2,3)44-26(40)33-36-12-7-5-4-6-10-19-14-30(19,25(38)39)32-24(37)23-13-20(16-35(23)27(36)41)43-28(42)34-15-18-9-8-11-22(31)21(18)17-34/h6,8-11,19-20,23H,4-5,7,12-17H2,1-3H3,(H,32,37)(H,33,40)(H,38,39)/b10-6-/t19-,20-,23+,30+/m1/s1. The summed E-state index contributed by atoms with van der Waals surface area (Å²) in [5.41, 5.74) is 1.21. The van der Waals surface area contributed by atoms with E-state index in [2.05, 4.69) is 10.7 Å². The van der Waals surface area contributed by atoms with Gasteiger partial charge in [-0.2, -0.15) is 0 Å². The second-order valence-electron chi connectivity index (χ2n) is 12.7. The summed E-state index contributed by atoms with van der Waals surface area (Å²) in [6.07, 6.45) is 3.00. The smallest absolute Gasteiger partial charge is 0.426 e.